The lowest BCUT2D eigenvalue weighted by molar-refractivity contribution is 0.0520. The number of carbonyl (C=O) groups excluding carboxylic acids is 1. The Balaban J connectivity index is 2.52. The summed E-state index contributed by atoms with van der Waals surface area (Å²) in [7, 11) is 1.49. The molecule has 2 rings (SSSR count). The molecule has 6 nitrogen and oxygen atoms in total. The number of ether oxygens (including phenoxy) is 2. The highest BCUT2D eigenvalue weighted by Crippen LogP contribution is 2.27. The van der Waals surface area contributed by atoms with Gasteiger partial charge < -0.3 is 15.2 Å². The number of nitrogens with two attached hydrogens (primary N) is 1. The molecule has 0 spiro atoms. The second kappa shape index (κ2) is 4.46. The molecule has 0 bridgehead atoms. The van der Waals surface area contributed by atoms with E-state index in [9.17, 15) is 4.79 Å². The number of methoxy groups -OCH3 is 1. The summed E-state index contributed by atoms with van der Waals surface area (Å²) < 4.78 is 11.6. The van der Waals surface area contributed by atoms with Crippen molar-refractivity contribution in [1.82, 2.24) is 9.78 Å². The number of anilines is 1. The van der Waals surface area contributed by atoms with Crippen LogP contribution in [-0.2, 0) is 4.74 Å². The molecule has 0 saturated heterocycles. The molecule has 6 heteroatoms. The van der Waals surface area contributed by atoms with Gasteiger partial charge in [0, 0.05) is 5.69 Å². The van der Waals surface area contributed by atoms with Crippen molar-refractivity contribution in [2.75, 3.05) is 12.8 Å². The van der Waals surface area contributed by atoms with Gasteiger partial charge in [0.2, 0.25) is 5.88 Å². The highest BCUT2D eigenvalue weighted by molar-refractivity contribution is 5.93. The van der Waals surface area contributed by atoms with Crippen molar-refractivity contribution in [1.29, 1.82) is 0 Å². The molecule has 1 heterocycles. The number of rotatable bonds is 1. The van der Waals surface area contributed by atoms with Gasteiger partial charge in [-0.1, -0.05) is 0 Å². The number of benzene rings is 1. The molecule has 0 amide bonds. The van der Waals surface area contributed by atoms with Gasteiger partial charge in [-0.05, 0) is 39.0 Å². The Hall–Kier alpha value is -2.24. The molecule has 102 valence electrons. The second-order valence-corrected chi connectivity index (χ2v) is 5.18. The summed E-state index contributed by atoms with van der Waals surface area (Å²) in [5.41, 5.74) is 6.31. The van der Waals surface area contributed by atoms with Crippen molar-refractivity contribution >= 4 is 22.7 Å². The van der Waals surface area contributed by atoms with Gasteiger partial charge in [-0.15, -0.1) is 5.10 Å². The fourth-order valence-corrected chi connectivity index (χ4v) is 1.70. The van der Waals surface area contributed by atoms with E-state index in [0.29, 0.717) is 22.5 Å². The second-order valence-electron chi connectivity index (χ2n) is 5.18. The Bertz CT molecular complexity index is 626. The van der Waals surface area contributed by atoms with Crippen molar-refractivity contribution in [3.05, 3.63) is 18.2 Å². The lowest BCUT2D eigenvalue weighted by Gasteiger charge is -2.19. The van der Waals surface area contributed by atoms with Gasteiger partial charge in [-0.2, -0.15) is 4.68 Å². The van der Waals surface area contributed by atoms with E-state index >= 15 is 0 Å². The van der Waals surface area contributed by atoms with Crippen molar-refractivity contribution in [2.24, 2.45) is 0 Å². The monoisotopic (exact) mass is 263 g/mol. The van der Waals surface area contributed by atoms with E-state index < -0.39 is 11.7 Å². The average Bonchev–Trinajstić information content (AvgIpc) is 2.64. The first-order valence-electron chi connectivity index (χ1n) is 5.87. The SMILES string of the molecule is COc1nn(C(=O)OC(C)(C)C)c2ccc(N)cc12. The Morgan fingerprint density at radius 2 is 2.05 bits per heavy atom. The fraction of sp³-hybridized carbons (Fsp3) is 0.385. The van der Waals surface area contributed by atoms with E-state index in [2.05, 4.69) is 5.10 Å². The summed E-state index contributed by atoms with van der Waals surface area (Å²) in [5.74, 6) is 0.341. The largest absolute Gasteiger partial charge is 0.479 e. The highest BCUT2D eigenvalue weighted by Gasteiger charge is 2.22. The van der Waals surface area contributed by atoms with Gasteiger partial charge in [-0.25, -0.2) is 4.79 Å². The maximum Gasteiger partial charge on any atom is 0.435 e. The quantitative estimate of drug-likeness (QED) is 0.799. The molecule has 0 atom stereocenters. The minimum Gasteiger partial charge on any atom is -0.479 e. The topological polar surface area (TPSA) is 79.4 Å². The van der Waals surface area contributed by atoms with Gasteiger partial charge in [-0.3, -0.25) is 0 Å². The van der Waals surface area contributed by atoms with Gasteiger partial charge >= 0.3 is 6.09 Å². The molecule has 0 aliphatic rings. The van der Waals surface area contributed by atoms with Crippen LogP contribution in [0.15, 0.2) is 18.2 Å². The summed E-state index contributed by atoms with van der Waals surface area (Å²) in [6.45, 7) is 5.39. The van der Waals surface area contributed by atoms with Crippen LogP contribution in [0.5, 0.6) is 5.88 Å². The number of nitrogens with zero attached hydrogens (tertiary/aromatic N) is 2. The molecule has 19 heavy (non-hydrogen) atoms. The standard InChI is InChI=1S/C13H17N3O3/c1-13(2,3)19-12(17)16-10-6-5-8(14)7-9(10)11(15-16)18-4/h5-7H,14H2,1-4H3. The molecular formula is C13H17N3O3. The Morgan fingerprint density at radius 3 is 2.63 bits per heavy atom. The third-order valence-corrected chi connectivity index (χ3v) is 2.43. The van der Waals surface area contributed by atoms with E-state index in [1.807, 2.05) is 0 Å². The minimum absolute atomic E-state index is 0.341. The number of nitrogen functional groups attached to an aromatic ring is 1. The molecule has 1 aromatic heterocycles. The van der Waals surface area contributed by atoms with E-state index in [0.717, 1.165) is 0 Å². The van der Waals surface area contributed by atoms with Gasteiger partial charge in [0.25, 0.3) is 0 Å². The molecule has 0 fully saturated rings. The van der Waals surface area contributed by atoms with Crippen LogP contribution in [0.1, 0.15) is 20.8 Å². The number of hydrogen-bond acceptors (Lipinski definition) is 5. The summed E-state index contributed by atoms with van der Waals surface area (Å²) in [4.78, 5) is 12.1. The third kappa shape index (κ3) is 2.62. The summed E-state index contributed by atoms with van der Waals surface area (Å²) in [6, 6.07) is 5.12. The van der Waals surface area contributed by atoms with Crippen LogP contribution >= 0.6 is 0 Å². The molecular weight excluding hydrogens is 246 g/mol. The average molecular weight is 263 g/mol. The van der Waals surface area contributed by atoms with Gasteiger partial charge in [0.1, 0.15) is 5.60 Å². The van der Waals surface area contributed by atoms with Gasteiger partial charge in [0.05, 0.1) is 18.0 Å². The molecule has 1 aromatic carbocycles. The summed E-state index contributed by atoms with van der Waals surface area (Å²) in [6.07, 6.45) is -0.550. The van der Waals surface area contributed by atoms with E-state index in [4.69, 9.17) is 15.2 Å². The smallest absolute Gasteiger partial charge is 0.435 e. The molecule has 2 aromatic rings. The Morgan fingerprint density at radius 1 is 1.37 bits per heavy atom. The van der Waals surface area contributed by atoms with Crippen molar-refractivity contribution in [3.8, 4) is 5.88 Å². The zero-order valence-electron chi connectivity index (χ0n) is 11.4. The lowest BCUT2D eigenvalue weighted by atomic mass is 10.2. The molecule has 0 radical (unpaired) electrons. The Kier molecular flexibility index (Phi) is 3.09. The number of aromatic nitrogens is 2. The predicted octanol–water partition coefficient (Wildman–Crippen LogP) is 2.41. The molecule has 0 aliphatic heterocycles. The third-order valence-electron chi connectivity index (χ3n) is 2.43. The minimum atomic E-state index is -0.587. The number of carbonyl (C=O) groups is 1. The van der Waals surface area contributed by atoms with Crippen molar-refractivity contribution < 1.29 is 14.3 Å². The number of fused-ring (bicyclic) bond motifs is 1. The van der Waals surface area contributed by atoms with Crippen LogP contribution in [0.25, 0.3) is 10.9 Å². The first-order chi connectivity index (χ1) is 8.81. The molecule has 0 unspecified atom stereocenters. The Labute approximate surface area is 111 Å². The summed E-state index contributed by atoms with van der Waals surface area (Å²) >= 11 is 0. The van der Waals surface area contributed by atoms with Crippen LogP contribution in [0.4, 0.5) is 10.5 Å². The van der Waals surface area contributed by atoms with Gasteiger partial charge in [0.15, 0.2) is 0 Å². The highest BCUT2D eigenvalue weighted by atomic mass is 16.6. The predicted molar refractivity (Wildman–Crippen MR) is 72.3 cm³/mol. The normalized spacial score (nSPS) is 11.6. The van der Waals surface area contributed by atoms with E-state index in [1.54, 1.807) is 39.0 Å². The first kappa shape index (κ1) is 13.2. The zero-order valence-corrected chi connectivity index (χ0v) is 11.4. The molecule has 0 aliphatic carbocycles. The molecule has 2 N–H and O–H groups in total. The zero-order chi connectivity index (χ0) is 14.2. The van der Waals surface area contributed by atoms with E-state index in [1.165, 1.54) is 11.8 Å². The van der Waals surface area contributed by atoms with Crippen LogP contribution in [0.2, 0.25) is 0 Å². The molecule has 0 saturated carbocycles. The van der Waals surface area contributed by atoms with Crippen molar-refractivity contribution in [2.45, 2.75) is 26.4 Å². The van der Waals surface area contributed by atoms with Crippen LogP contribution < -0.4 is 10.5 Å². The maximum atomic E-state index is 12.1. The van der Waals surface area contributed by atoms with E-state index in [-0.39, 0.29) is 0 Å². The maximum absolute atomic E-state index is 12.1. The lowest BCUT2D eigenvalue weighted by Crippen LogP contribution is -2.27. The first-order valence-corrected chi connectivity index (χ1v) is 5.87. The number of hydrogen-bond donors (Lipinski definition) is 1. The van der Waals surface area contributed by atoms with Crippen LogP contribution in [0.3, 0.4) is 0 Å². The van der Waals surface area contributed by atoms with Crippen molar-refractivity contribution in [3.63, 3.8) is 0 Å². The van der Waals surface area contributed by atoms with Crippen LogP contribution in [-0.4, -0.2) is 28.6 Å². The van der Waals surface area contributed by atoms with Crippen LogP contribution in [0, 0.1) is 0 Å². The fourth-order valence-electron chi connectivity index (χ4n) is 1.70. The summed E-state index contributed by atoms with van der Waals surface area (Å²) in [5, 5.41) is 4.77.